The van der Waals surface area contributed by atoms with Crippen LogP contribution in [-0.2, 0) is 0 Å². The summed E-state index contributed by atoms with van der Waals surface area (Å²) in [6, 6.07) is 12.9. The lowest BCUT2D eigenvalue weighted by Gasteiger charge is -2.09. The fraction of sp³-hybridized carbons (Fsp3) is 0. The Morgan fingerprint density at radius 1 is 1.25 bits per heavy atom. The molecule has 0 N–H and O–H groups in total. The van der Waals surface area contributed by atoms with Gasteiger partial charge in [0, 0.05) is 29.2 Å². The Kier molecular flexibility index (Phi) is 3.87. The molecule has 7 nitrogen and oxygen atoms in total. The molecule has 0 atom stereocenters. The van der Waals surface area contributed by atoms with E-state index in [9.17, 15) is 14.9 Å². The third-order valence-corrected chi connectivity index (χ3v) is 3.48. The van der Waals surface area contributed by atoms with E-state index in [2.05, 4.69) is 5.10 Å². The van der Waals surface area contributed by atoms with Crippen LogP contribution in [0.2, 0.25) is 0 Å². The highest BCUT2D eigenvalue weighted by molar-refractivity contribution is 5.81. The molecule has 1 aromatic heterocycles. The molecule has 1 heterocycles. The summed E-state index contributed by atoms with van der Waals surface area (Å²) in [5, 5.41) is 25.0. The first kappa shape index (κ1) is 15.1. The van der Waals surface area contributed by atoms with Crippen LogP contribution in [0.5, 0.6) is 0 Å². The lowest BCUT2D eigenvalue weighted by molar-refractivity contribution is -0.384. The van der Waals surface area contributed by atoms with Crippen molar-refractivity contribution in [3.63, 3.8) is 0 Å². The molecule has 0 radical (unpaired) electrons. The predicted octanol–water partition coefficient (Wildman–Crippen LogP) is 2.83. The van der Waals surface area contributed by atoms with Gasteiger partial charge in [-0.15, -0.1) is 0 Å². The van der Waals surface area contributed by atoms with Crippen molar-refractivity contribution in [3.05, 3.63) is 80.8 Å². The number of benzene rings is 2. The van der Waals surface area contributed by atoms with Gasteiger partial charge >= 0.3 is 0 Å². The SMILES string of the molecule is N#C/C=C/c1cc([N+](=O)[O-])ccc1-n1ncc2ccccc2c1=O. The third-order valence-electron chi connectivity index (χ3n) is 3.48. The van der Waals surface area contributed by atoms with Crippen molar-refractivity contribution >= 4 is 22.5 Å². The Bertz CT molecular complexity index is 1080. The monoisotopic (exact) mass is 318 g/mol. The van der Waals surface area contributed by atoms with E-state index < -0.39 is 4.92 Å². The fourth-order valence-electron chi connectivity index (χ4n) is 2.37. The first-order valence-electron chi connectivity index (χ1n) is 6.94. The number of non-ortho nitro benzene ring substituents is 1. The largest absolute Gasteiger partial charge is 0.279 e. The highest BCUT2D eigenvalue weighted by Gasteiger charge is 2.13. The summed E-state index contributed by atoms with van der Waals surface area (Å²) in [5.74, 6) is 0. The molecule has 0 aliphatic heterocycles. The average molecular weight is 318 g/mol. The van der Waals surface area contributed by atoms with Gasteiger partial charge in [0.2, 0.25) is 0 Å². The lowest BCUT2D eigenvalue weighted by atomic mass is 10.1. The zero-order valence-corrected chi connectivity index (χ0v) is 12.3. The first-order chi connectivity index (χ1) is 11.6. The molecule has 0 saturated heterocycles. The molecule has 7 heteroatoms. The van der Waals surface area contributed by atoms with E-state index in [1.54, 1.807) is 30.5 Å². The minimum atomic E-state index is -0.538. The number of nitrogens with zero attached hydrogens (tertiary/aromatic N) is 4. The van der Waals surface area contributed by atoms with Crippen LogP contribution in [0.4, 0.5) is 5.69 Å². The van der Waals surface area contributed by atoms with Gasteiger partial charge in [-0.1, -0.05) is 18.2 Å². The molecular formula is C17H10N4O3. The molecule has 0 aliphatic rings. The van der Waals surface area contributed by atoms with E-state index in [0.29, 0.717) is 22.0 Å². The third kappa shape index (κ3) is 2.64. The van der Waals surface area contributed by atoms with E-state index in [1.807, 2.05) is 6.07 Å². The van der Waals surface area contributed by atoms with Crippen molar-refractivity contribution in [2.45, 2.75) is 0 Å². The van der Waals surface area contributed by atoms with Gasteiger partial charge in [-0.25, -0.2) is 0 Å². The molecule has 0 saturated carbocycles. The number of nitro benzene ring substituents is 1. The normalized spacial score (nSPS) is 10.8. The second-order valence-corrected chi connectivity index (χ2v) is 4.91. The second kappa shape index (κ2) is 6.14. The molecule has 3 rings (SSSR count). The van der Waals surface area contributed by atoms with Crippen LogP contribution in [0.15, 0.2) is 59.5 Å². The standard InChI is InChI=1S/C17H10N4O3/c18-9-3-5-12-10-14(21(23)24)7-8-16(12)20-17(22)15-6-2-1-4-13(15)11-19-20/h1-8,10-11H/b5-3+. The maximum absolute atomic E-state index is 12.7. The molecule has 0 spiro atoms. The van der Waals surface area contributed by atoms with Crippen LogP contribution >= 0.6 is 0 Å². The number of nitriles is 1. The Hall–Kier alpha value is -3.79. The topological polar surface area (TPSA) is 102 Å². The predicted molar refractivity (Wildman–Crippen MR) is 88.6 cm³/mol. The maximum atomic E-state index is 12.7. The number of hydrogen-bond donors (Lipinski definition) is 0. The van der Waals surface area contributed by atoms with Crippen molar-refractivity contribution in [1.29, 1.82) is 5.26 Å². The number of allylic oxidation sites excluding steroid dienone is 1. The molecule has 0 fully saturated rings. The Balaban J connectivity index is 2.28. The quantitative estimate of drug-likeness (QED) is 0.420. The summed E-state index contributed by atoms with van der Waals surface area (Å²) in [5.41, 5.74) is 0.247. The molecule has 116 valence electrons. The smallest absolute Gasteiger partial charge is 0.267 e. The lowest BCUT2D eigenvalue weighted by Crippen LogP contribution is -2.21. The van der Waals surface area contributed by atoms with Crippen molar-refractivity contribution in [2.75, 3.05) is 0 Å². The summed E-state index contributed by atoms with van der Waals surface area (Å²) in [6.45, 7) is 0. The maximum Gasteiger partial charge on any atom is 0.279 e. The molecule has 0 unspecified atom stereocenters. The molecule has 24 heavy (non-hydrogen) atoms. The summed E-state index contributed by atoms with van der Waals surface area (Å²) in [7, 11) is 0. The summed E-state index contributed by atoms with van der Waals surface area (Å²) in [6.07, 6.45) is 4.15. The van der Waals surface area contributed by atoms with Crippen LogP contribution in [0.1, 0.15) is 5.56 Å². The van der Waals surface area contributed by atoms with Crippen molar-refractivity contribution < 1.29 is 4.92 Å². The Morgan fingerprint density at radius 2 is 2.04 bits per heavy atom. The minimum Gasteiger partial charge on any atom is -0.267 e. The second-order valence-electron chi connectivity index (χ2n) is 4.91. The van der Waals surface area contributed by atoms with Gasteiger partial charge in [-0.2, -0.15) is 15.0 Å². The van der Waals surface area contributed by atoms with Gasteiger partial charge in [-0.3, -0.25) is 14.9 Å². The summed E-state index contributed by atoms with van der Waals surface area (Å²) >= 11 is 0. The first-order valence-corrected chi connectivity index (χ1v) is 6.94. The fourth-order valence-corrected chi connectivity index (χ4v) is 2.37. The van der Waals surface area contributed by atoms with E-state index in [4.69, 9.17) is 5.26 Å². The van der Waals surface area contributed by atoms with Gasteiger partial charge in [0.25, 0.3) is 11.2 Å². The van der Waals surface area contributed by atoms with Gasteiger partial charge in [-0.05, 0) is 18.2 Å². The number of hydrogen-bond acceptors (Lipinski definition) is 5. The van der Waals surface area contributed by atoms with Gasteiger partial charge < -0.3 is 0 Å². The van der Waals surface area contributed by atoms with E-state index in [1.165, 1.54) is 35.0 Å². The van der Waals surface area contributed by atoms with Crippen LogP contribution in [0.3, 0.4) is 0 Å². The Labute approximate surface area is 135 Å². The average Bonchev–Trinajstić information content (AvgIpc) is 2.60. The van der Waals surface area contributed by atoms with Gasteiger partial charge in [0.05, 0.1) is 28.3 Å². The van der Waals surface area contributed by atoms with E-state index in [0.717, 1.165) is 0 Å². The van der Waals surface area contributed by atoms with Gasteiger partial charge in [0.1, 0.15) is 0 Å². The number of aromatic nitrogens is 2. The van der Waals surface area contributed by atoms with Crippen molar-refractivity contribution in [2.24, 2.45) is 0 Å². The van der Waals surface area contributed by atoms with Crippen molar-refractivity contribution in [3.8, 4) is 11.8 Å². The molecule has 0 amide bonds. The van der Waals surface area contributed by atoms with E-state index >= 15 is 0 Å². The van der Waals surface area contributed by atoms with Crippen LogP contribution in [0, 0.1) is 21.4 Å². The van der Waals surface area contributed by atoms with Crippen LogP contribution < -0.4 is 5.56 Å². The highest BCUT2D eigenvalue weighted by atomic mass is 16.6. The zero-order chi connectivity index (χ0) is 17.1. The zero-order valence-electron chi connectivity index (χ0n) is 12.3. The minimum absolute atomic E-state index is 0.134. The molecule has 3 aromatic rings. The Morgan fingerprint density at radius 3 is 2.79 bits per heavy atom. The van der Waals surface area contributed by atoms with Crippen LogP contribution in [0.25, 0.3) is 22.5 Å². The number of fused-ring (bicyclic) bond motifs is 1. The number of rotatable bonds is 3. The van der Waals surface area contributed by atoms with E-state index in [-0.39, 0.29) is 11.2 Å². The molecular weight excluding hydrogens is 308 g/mol. The molecule has 0 bridgehead atoms. The highest BCUT2D eigenvalue weighted by Crippen LogP contribution is 2.22. The molecule has 2 aromatic carbocycles. The van der Waals surface area contributed by atoms with Crippen molar-refractivity contribution in [1.82, 2.24) is 9.78 Å². The van der Waals surface area contributed by atoms with Crippen LogP contribution in [-0.4, -0.2) is 14.7 Å². The molecule has 0 aliphatic carbocycles. The van der Waals surface area contributed by atoms with Gasteiger partial charge in [0.15, 0.2) is 0 Å². The summed E-state index contributed by atoms with van der Waals surface area (Å²) < 4.78 is 1.17. The number of nitro groups is 1. The summed E-state index contributed by atoms with van der Waals surface area (Å²) in [4.78, 5) is 23.1.